The molecule has 0 amide bonds. The van der Waals surface area contributed by atoms with E-state index in [4.69, 9.17) is 14.2 Å². The monoisotopic (exact) mass is 1100 g/mol. The van der Waals surface area contributed by atoms with Gasteiger partial charge in [0.1, 0.15) is 13.2 Å². The van der Waals surface area contributed by atoms with Gasteiger partial charge in [0.2, 0.25) is 0 Å². The highest BCUT2D eigenvalue weighted by Crippen LogP contribution is 2.16. The zero-order valence-electron chi connectivity index (χ0n) is 51.9. The van der Waals surface area contributed by atoms with Crippen molar-refractivity contribution in [1.82, 2.24) is 0 Å². The number of hydrogen-bond donors (Lipinski definition) is 0. The molecule has 79 heavy (non-hydrogen) atoms. The van der Waals surface area contributed by atoms with Crippen LogP contribution in [-0.2, 0) is 28.6 Å². The van der Waals surface area contributed by atoms with Gasteiger partial charge in [-0.15, -0.1) is 0 Å². The Kier molecular flexibility index (Phi) is 63.3. The summed E-state index contributed by atoms with van der Waals surface area (Å²) in [5.74, 6) is -0.905. The van der Waals surface area contributed by atoms with Crippen molar-refractivity contribution in [2.45, 2.75) is 322 Å². The van der Waals surface area contributed by atoms with Crippen LogP contribution in [0.5, 0.6) is 0 Å². The lowest BCUT2D eigenvalue weighted by Crippen LogP contribution is -2.30. The third kappa shape index (κ3) is 64.8. The largest absolute Gasteiger partial charge is 0.462 e. The van der Waals surface area contributed by atoms with Crippen LogP contribution in [0.15, 0.2) is 109 Å². The minimum absolute atomic E-state index is 0.0883. The maximum absolute atomic E-state index is 12.9. The van der Waals surface area contributed by atoms with Gasteiger partial charge in [-0.3, -0.25) is 14.4 Å². The van der Waals surface area contributed by atoms with Crippen molar-refractivity contribution in [3.05, 3.63) is 109 Å². The Labute approximate surface area is 489 Å². The molecule has 1 unspecified atom stereocenters. The molecule has 0 radical (unpaired) electrons. The predicted octanol–water partition coefficient (Wildman–Crippen LogP) is 23.0. The fourth-order valence-corrected chi connectivity index (χ4v) is 9.24. The van der Waals surface area contributed by atoms with E-state index < -0.39 is 6.10 Å². The maximum Gasteiger partial charge on any atom is 0.306 e. The Morgan fingerprint density at radius 1 is 0.266 bits per heavy atom. The highest BCUT2D eigenvalue weighted by molar-refractivity contribution is 5.71. The molecule has 0 fully saturated rings. The molecule has 0 saturated carbocycles. The summed E-state index contributed by atoms with van der Waals surface area (Å²) in [5.41, 5.74) is 0. The van der Waals surface area contributed by atoms with Crippen LogP contribution in [0.1, 0.15) is 316 Å². The summed E-state index contributed by atoms with van der Waals surface area (Å²) >= 11 is 0. The van der Waals surface area contributed by atoms with Gasteiger partial charge in [0.15, 0.2) is 6.10 Å². The molecule has 0 heterocycles. The molecule has 0 N–H and O–H groups in total. The van der Waals surface area contributed by atoms with Crippen LogP contribution in [0.4, 0.5) is 0 Å². The summed E-state index contributed by atoms with van der Waals surface area (Å²) in [6, 6.07) is 0. The van der Waals surface area contributed by atoms with Gasteiger partial charge in [0.05, 0.1) is 0 Å². The zero-order chi connectivity index (χ0) is 57.1. The van der Waals surface area contributed by atoms with Crippen molar-refractivity contribution in [2.75, 3.05) is 13.2 Å². The zero-order valence-corrected chi connectivity index (χ0v) is 51.9. The molecule has 0 aliphatic rings. The molecule has 452 valence electrons. The molecule has 0 saturated heterocycles. The average Bonchev–Trinajstić information content (AvgIpc) is 3.45. The molecular weight excluding hydrogens is 973 g/mol. The van der Waals surface area contributed by atoms with Crippen molar-refractivity contribution in [3.63, 3.8) is 0 Å². The quantitative estimate of drug-likeness (QED) is 0.0261. The molecule has 0 aliphatic carbocycles. The number of rotatable bonds is 60. The average molecular weight is 1100 g/mol. The van der Waals surface area contributed by atoms with E-state index in [1.807, 2.05) is 0 Å². The van der Waals surface area contributed by atoms with Gasteiger partial charge in [-0.25, -0.2) is 0 Å². The number of ether oxygens (including phenoxy) is 3. The van der Waals surface area contributed by atoms with E-state index in [2.05, 4.69) is 130 Å². The topological polar surface area (TPSA) is 78.9 Å². The number of unbranched alkanes of at least 4 members (excludes halogenated alkanes) is 31. The number of esters is 3. The van der Waals surface area contributed by atoms with Crippen LogP contribution in [-0.4, -0.2) is 37.2 Å². The van der Waals surface area contributed by atoms with Crippen molar-refractivity contribution < 1.29 is 28.6 Å². The van der Waals surface area contributed by atoms with Gasteiger partial charge in [0.25, 0.3) is 0 Å². The van der Waals surface area contributed by atoms with Crippen molar-refractivity contribution >= 4 is 17.9 Å². The van der Waals surface area contributed by atoms with Crippen molar-refractivity contribution in [1.29, 1.82) is 0 Å². The van der Waals surface area contributed by atoms with Crippen LogP contribution in [0.25, 0.3) is 0 Å². The lowest BCUT2D eigenvalue weighted by Gasteiger charge is -2.18. The first kappa shape index (κ1) is 75.1. The SMILES string of the molecule is CC/C=C\C/C=C\C/C=C\C/C=C\C/C=C\C/C=C\CCCCCCCCCCCCC(=O)OCC(COC(=O)CCCCCCC/C=C\CCCCCCCCC)OC(=O)CCCCCCC/C=C\C/C=C\CCCCCC. The van der Waals surface area contributed by atoms with Gasteiger partial charge in [-0.05, 0) is 128 Å². The van der Waals surface area contributed by atoms with E-state index in [0.717, 1.165) is 128 Å². The Bertz CT molecular complexity index is 1590. The highest BCUT2D eigenvalue weighted by Gasteiger charge is 2.19. The summed E-state index contributed by atoms with van der Waals surface area (Å²) in [6.45, 7) is 6.51. The number of allylic oxidation sites excluding steroid dienone is 18. The van der Waals surface area contributed by atoms with Crippen LogP contribution in [0, 0.1) is 0 Å². The van der Waals surface area contributed by atoms with E-state index in [-0.39, 0.29) is 31.1 Å². The first-order valence-electron chi connectivity index (χ1n) is 33.4. The number of carbonyl (C=O) groups is 3. The van der Waals surface area contributed by atoms with Gasteiger partial charge in [0, 0.05) is 19.3 Å². The summed E-state index contributed by atoms with van der Waals surface area (Å²) in [5, 5.41) is 0. The molecule has 0 aromatic carbocycles. The van der Waals surface area contributed by atoms with E-state index in [9.17, 15) is 14.4 Å². The molecule has 0 spiro atoms. The molecular formula is C73H124O6. The Hall–Kier alpha value is -3.93. The molecule has 0 rings (SSSR count). The lowest BCUT2D eigenvalue weighted by molar-refractivity contribution is -0.167. The third-order valence-corrected chi connectivity index (χ3v) is 14.2. The summed E-state index contributed by atoms with van der Waals surface area (Å²) < 4.78 is 16.9. The summed E-state index contributed by atoms with van der Waals surface area (Å²) in [4.78, 5) is 38.4. The van der Waals surface area contributed by atoms with Crippen molar-refractivity contribution in [2.24, 2.45) is 0 Å². The van der Waals surface area contributed by atoms with Crippen molar-refractivity contribution in [3.8, 4) is 0 Å². The second-order valence-corrected chi connectivity index (χ2v) is 22.0. The first-order valence-corrected chi connectivity index (χ1v) is 33.4. The fourth-order valence-electron chi connectivity index (χ4n) is 9.24. The molecule has 0 aromatic rings. The number of hydrogen-bond acceptors (Lipinski definition) is 6. The van der Waals surface area contributed by atoms with E-state index >= 15 is 0 Å². The molecule has 6 heteroatoms. The molecule has 0 bridgehead atoms. The van der Waals surface area contributed by atoms with E-state index in [0.29, 0.717) is 19.3 Å². The van der Waals surface area contributed by atoms with E-state index in [1.54, 1.807) is 0 Å². The first-order chi connectivity index (χ1) is 39.0. The second kappa shape index (κ2) is 66.6. The molecule has 6 nitrogen and oxygen atoms in total. The number of carbonyl (C=O) groups excluding carboxylic acids is 3. The normalized spacial score (nSPS) is 12.8. The van der Waals surface area contributed by atoms with Gasteiger partial charge in [-0.1, -0.05) is 278 Å². The van der Waals surface area contributed by atoms with E-state index in [1.165, 1.54) is 148 Å². The van der Waals surface area contributed by atoms with Crippen LogP contribution >= 0.6 is 0 Å². The van der Waals surface area contributed by atoms with Crippen LogP contribution in [0.3, 0.4) is 0 Å². The van der Waals surface area contributed by atoms with Crippen LogP contribution < -0.4 is 0 Å². The standard InChI is InChI=1S/C73H124O6/c1-4-7-10-13-16-19-22-25-28-31-32-33-34-35-36-37-38-39-40-41-42-43-46-48-51-54-57-60-63-66-72(75)78-69-70(79-73(76)67-64-61-58-55-52-49-45-30-27-24-21-18-15-12-9-6-3)68-77-71(74)65-62-59-56-53-50-47-44-29-26-23-20-17-14-11-8-5-2/h7,10,16,19,21,24-25,28-30,32-33,35-36,38-39,44-45,70H,4-6,8-9,11-15,17-18,20,22-23,26-27,31,34,37,40-43,46-69H2,1-3H3/b10-7-,19-16-,24-21-,28-25-,33-32-,36-35-,39-38-,44-29-,45-30-. The Morgan fingerprint density at radius 3 is 0.797 bits per heavy atom. The van der Waals surface area contributed by atoms with Gasteiger partial charge >= 0.3 is 17.9 Å². The smallest absolute Gasteiger partial charge is 0.306 e. The summed E-state index contributed by atoms with van der Waals surface area (Å²) in [7, 11) is 0. The lowest BCUT2D eigenvalue weighted by atomic mass is 10.1. The maximum atomic E-state index is 12.9. The molecule has 0 aromatic heterocycles. The van der Waals surface area contributed by atoms with Gasteiger partial charge < -0.3 is 14.2 Å². The van der Waals surface area contributed by atoms with Crippen LogP contribution in [0.2, 0.25) is 0 Å². The van der Waals surface area contributed by atoms with Gasteiger partial charge in [-0.2, -0.15) is 0 Å². The highest BCUT2D eigenvalue weighted by atomic mass is 16.6. The minimum atomic E-state index is -0.793. The molecule has 1 atom stereocenters. The predicted molar refractivity (Wildman–Crippen MR) is 343 cm³/mol. The third-order valence-electron chi connectivity index (χ3n) is 14.2. The summed E-state index contributed by atoms with van der Waals surface area (Å²) in [6.07, 6.45) is 90.9. The fraction of sp³-hybridized carbons (Fsp3) is 0.712. The second-order valence-electron chi connectivity index (χ2n) is 22.0. The molecule has 0 aliphatic heterocycles. The Balaban J connectivity index is 4.33. The minimum Gasteiger partial charge on any atom is -0.462 e. The Morgan fingerprint density at radius 2 is 0.494 bits per heavy atom.